The van der Waals surface area contributed by atoms with E-state index in [9.17, 15) is 19.2 Å². The molecule has 0 heterocycles. The van der Waals surface area contributed by atoms with Crippen LogP contribution in [0.4, 0.5) is 0 Å². The van der Waals surface area contributed by atoms with Crippen molar-refractivity contribution in [1.29, 1.82) is 0 Å². The number of hydrogen-bond acceptors (Lipinski definition) is 6. The Morgan fingerprint density at radius 3 is 1.21 bits per heavy atom. The Labute approximate surface area is 142 Å². The van der Waals surface area contributed by atoms with Gasteiger partial charge in [0, 0.05) is 12.8 Å². The zero-order chi connectivity index (χ0) is 18.2. The molecule has 0 spiro atoms. The minimum absolute atomic E-state index is 0.150. The quantitative estimate of drug-likeness (QED) is 0.273. The maximum Gasteiger partial charge on any atom is 0.417 e. The average Bonchev–Trinajstić information content (AvgIpc) is 2.51. The lowest BCUT2D eigenvalue weighted by molar-refractivity contribution is -0.167. The fraction of sp³-hybridized carbons (Fsp3) is 0.750. The van der Waals surface area contributed by atoms with Crippen molar-refractivity contribution in [2.24, 2.45) is 11.5 Å². The molecule has 0 aromatic carbocycles. The lowest BCUT2D eigenvalue weighted by atomic mass is 10.1. The van der Waals surface area contributed by atoms with E-state index < -0.39 is 11.9 Å². The molecule has 0 aliphatic rings. The third-order valence-electron chi connectivity index (χ3n) is 3.27. The van der Waals surface area contributed by atoms with Crippen LogP contribution in [0.2, 0.25) is 0 Å². The van der Waals surface area contributed by atoms with Gasteiger partial charge in [-0.3, -0.25) is 9.59 Å². The summed E-state index contributed by atoms with van der Waals surface area (Å²) in [6.45, 7) is 0.301. The molecule has 0 bridgehead atoms. The number of carbonyl (C=O) groups excluding carboxylic acids is 4. The standard InChI is InChI=1S/C16H28N2O6/c17-13(19)9-5-1-3-7-11-23-15(21)16(22)24-12-8-4-2-6-10-14(18)20/h1-12H2,(H2,17,19)(H2,18,20). The van der Waals surface area contributed by atoms with Gasteiger partial charge in [0.1, 0.15) is 0 Å². The summed E-state index contributed by atoms with van der Waals surface area (Å²) in [4.78, 5) is 43.8. The SMILES string of the molecule is NC(=O)CCCCCCOC(=O)C(=O)OCCCCCCC(N)=O. The van der Waals surface area contributed by atoms with Gasteiger partial charge in [-0.25, -0.2) is 9.59 Å². The molecule has 2 amide bonds. The Balaban J connectivity index is 3.45. The Bertz CT molecular complexity index is 373. The summed E-state index contributed by atoms with van der Waals surface area (Å²) >= 11 is 0. The summed E-state index contributed by atoms with van der Waals surface area (Å²) in [6.07, 6.45) is 6.61. The van der Waals surface area contributed by atoms with Gasteiger partial charge in [0.05, 0.1) is 13.2 Å². The van der Waals surface area contributed by atoms with E-state index in [1.54, 1.807) is 0 Å². The monoisotopic (exact) mass is 344 g/mol. The largest absolute Gasteiger partial charge is 0.457 e. The van der Waals surface area contributed by atoms with Crippen molar-refractivity contribution < 1.29 is 28.7 Å². The van der Waals surface area contributed by atoms with Crippen molar-refractivity contribution in [3.8, 4) is 0 Å². The normalized spacial score (nSPS) is 10.2. The molecule has 0 rings (SSSR count). The number of carbonyl (C=O) groups is 4. The minimum atomic E-state index is -0.985. The first-order valence-electron chi connectivity index (χ1n) is 8.34. The predicted molar refractivity (Wildman–Crippen MR) is 86.5 cm³/mol. The second-order valence-corrected chi connectivity index (χ2v) is 5.53. The van der Waals surface area contributed by atoms with Gasteiger partial charge in [0.15, 0.2) is 0 Å². The Hall–Kier alpha value is -2.12. The third kappa shape index (κ3) is 14.8. The molecule has 0 radical (unpaired) electrons. The first-order chi connectivity index (χ1) is 11.4. The number of ether oxygens (including phenoxy) is 2. The smallest absolute Gasteiger partial charge is 0.417 e. The molecular formula is C16H28N2O6. The molecule has 138 valence electrons. The molecule has 4 N–H and O–H groups in total. The van der Waals surface area contributed by atoms with Crippen LogP contribution in [0.1, 0.15) is 64.2 Å². The summed E-state index contributed by atoms with van der Waals surface area (Å²) in [6, 6.07) is 0. The number of rotatable bonds is 14. The van der Waals surface area contributed by atoms with Gasteiger partial charge in [-0.15, -0.1) is 0 Å². The molecule has 0 saturated carbocycles. The summed E-state index contributed by atoms with van der Waals surface area (Å²) in [5, 5.41) is 0. The highest BCUT2D eigenvalue weighted by molar-refractivity contribution is 6.29. The number of amides is 2. The van der Waals surface area contributed by atoms with Gasteiger partial charge in [-0.1, -0.05) is 25.7 Å². The Morgan fingerprint density at radius 1 is 0.542 bits per heavy atom. The van der Waals surface area contributed by atoms with Crippen LogP contribution in [0.25, 0.3) is 0 Å². The number of esters is 2. The molecular weight excluding hydrogens is 316 g/mol. The van der Waals surface area contributed by atoms with Crippen molar-refractivity contribution >= 4 is 23.8 Å². The van der Waals surface area contributed by atoms with Gasteiger partial charge in [-0.2, -0.15) is 0 Å². The molecule has 8 nitrogen and oxygen atoms in total. The van der Waals surface area contributed by atoms with Crippen molar-refractivity contribution in [2.75, 3.05) is 13.2 Å². The third-order valence-corrected chi connectivity index (χ3v) is 3.27. The molecule has 0 saturated heterocycles. The van der Waals surface area contributed by atoms with E-state index in [1.165, 1.54) is 0 Å². The maximum atomic E-state index is 11.4. The zero-order valence-corrected chi connectivity index (χ0v) is 14.1. The summed E-state index contributed by atoms with van der Waals surface area (Å²) in [7, 11) is 0. The maximum absolute atomic E-state index is 11.4. The summed E-state index contributed by atoms with van der Waals surface area (Å²) < 4.78 is 9.59. The molecule has 0 unspecified atom stereocenters. The molecule has 0 aliphatic carbocycles. The lowest BCUT2D eigenvalue weighted by Gasteiger charge is -2.05. The highest BCUT2D eigenvalue weighted by atomic mass is 16.6. The van der Waals surface area contributed by atoms with Crippen LogP contribution in [0.3, 0.4) is 0 Å². The fourth-order valence-corrected chi connectivity index (χ4v) is 1.96. The number of hydrogen-bond donors (Lipinski definition) is 2. The van der Waals surface area contributed by atoms with E-state index in [4.69, 9.17) is 20.9 Å². The van der Waals surface area contributed by atoms with Crippen LogP contribution in [0, 0.1) is 0 Å². The van der Waals surface area contributed by atoms with E-state index in [1.807, 2.05) is 0 Å². The van der Waals surface area contributed by atoms with Crippen LogP contribution in [-0.4, -0.2) is 37.0 Å². The Morgan fingerprint density at radius 2 is 0.875 bits per heavy atom. The second kappa shape index (κ2) is 14.5. The first kappa shape index (κ1) is 21.9. The molecule has 0 aliphatic heterocycles. The molecule has 0 fully saturated rings. The predicted octanol–water partition coefficient (Wildman–Crippen LogP) is 0.944. The summed E-state index contributed by atoms with van der Waals surface area (Å²) in [5.41, 5.74) is 10.0. The first-order valence-corrected chi connectivity index (χ1v) is 8.34. The van der Waals surface area contributed by atoms with Gasteiger partial charge >= 0.3 is 11.9 Å². The lowest BCUT2D eigenvalue weighted by Crippen LogP contribution is -2.21. The van der Waals surface area contributed by atoms with Crippen molar-refractivity contribution in [2.45, 2.75) is 64.2 Å². The van der Waals surface area contributed by atoms with E-state index in [-0.39, 0.29) is 25.0 Å². The Kier molecular flexibility index (Phi) is 13.2. The highest BCUT2D eigenvalue weighted by Crippen LogP contribution is 2.04. The van der Waals surface area contributed by atoms with Crippen LogP contribution in [0.15, 0.2) is 0 Å². The van der Waals surface area contributed by atoms with Crippen LogP contribution in [0.5, 0.6) is 0 Å². The van der Waals surface area contributed by atoms with E-state index >= 15 is 0 Å². The average molecular weight is 344 g/mol. The number of unbranched alkanes of at least 4 members (excludes halogenated alkanes) is 6. The minimum Gasteiger partial charge on any atom is -0.457 e. The summed E-state index contributed by atoms with van der Waals surface area (Å²) in [5.74, 6) is -2.61. The van der Waals surface area contributed by atoms with Crippen LogP contribution < -0.4 is 11.5 Å². The van der Waals surface area contributed by atoms with Gasteiger partial charge in [-0.05, 0) is 25.7 Å². The number of nitrogens with two attached hydrogens (primary N) is 2. The van der Waals surface area contributed by atoms with E-state index in [2.05, 4.69) is 0 Å². The van der Waals surface area contributed by atoms with Gasteiger partial charge in [0.25, 0.3) is 0 Å². The molecule has 8 heteroatoms. The second-order valence-electron chi connectivity index (χ2n) is 5.53. The highest BCUT2D eigenvalue weighted by Gasteiger charge is 2.16. The van der Waals surface area contributed by atoms with E-state index in [0.717, 1.165) is 25.7 Å². The van der Waals surface area contributed by atoms with E-state index in [0.29, 0.717) is 38.5 Å². The van der Waals surface area contributed by atoms with Crippen LogP contribution in [-0.2, 0) is 28.7 Å². The van der Waals surface area contributed by atoms with Gasteiger partial charge < -0.3 is 20.9 Å². The molecule has 0 aromatic heterocycles. The zero-order valence-electron chi connectivity index (χ0n) is 14.1. The van der Waals surface area contributed by atoms with Crippen molar-refractivity contribution in [1.82, 2.24) is 0 Å². The van der Waals surface area contributed by atoms with Gasteiger partial charge in [0.2, 0.25) is 11.8 Å². The molecule has 0 atom stereocenters. The van der Waals surface area contributed by atoms with Crippen LogP contribution >= 0.6 is 0 Å². The molecule has 24 heavy (non-hydrogen) atoms. The topological polar surface area (TPSA) is 139 Å². The number of primary amides is 2. The van der Waals surface area contributed by atoms with Crippen molar-refractivity contribution in [3.05, 3.63) is 0 Å². The fourth-order valence-electron chi connectivity index (χ4n) is 1.96. The molecule has 0 aromatic rings. The van der Waals surface area contributed by atoms with Crippen molar-refractivity contribution in [3.63, 3.8) is 0 Å².